The van der Waals surface area contributed by atoms with Crippen LogP contribution < -0.4 is 0 Å². The summed E-state index contributed by atoms with van der Waals surface area (Å²) >= 11 is -2.19. The van der Waals surface area contributed by atoms with Crippen molar-refractivity contribution in [1.82, 2.24) is 0 Å². The molecule has 0 spiro atoms. The summed E-state index contributed by atoms with van der Waals surface area (Å²) in [6.45, 7) is 6.80. The topological polar surface area (TPSA) is 37.3 Å². The molecular weight excluding hydrogens is 355 g/mol. The fraction of sp³-hybridized carbons (Fsp3) is 0.706. The Kier molecular flexibility index (Phi) is 12.3. The van der Waals surface area contributed by atoms with Crippen molar-refractivity contribution in [3.8, 4) is 0 Å². The summed E-state index contributed by atoms with van der Waals surface area (Å²) in [5, 5.41) is 8.66. The van der Waals surface area contributed by atoms with Crippen LogP contribution in [0.5, 0.6) is 0 Å². The minimum absolute atomic E-state index is 0.855. The first-order valence-corrected chi connectivity index (χ1v) is 15.9. The Hall–Kier alpha value is -0.251. The van der Waals surface area contributed by atoms with E-state index in [1.54, 1.807) is 6.08 Å². The number of unbranched alkanes of at least 4 members (excludes halogenated alkanes) is 3. The molecule has 0 aromatic rings. The van der Waals surface area contributed by atoms with Crippen LogP contribution in [-0.4, -0.2) is 29.5 Å². The Labute approximate surface area is 129 Å². The van der Waals surface area contributed by atoms with Crippen LogP contribution in [0.3, 0.4) is 0 Å². The van der Waals surface area contributed by atoms with Gasteiger partial charge in [-0.15, -0.1) is 0 Å². The second-order valence-corrected chi connectivity index (χ2v) is 18.7. The van der Waals surface area contributed by atoms with Gasteiger partial charge in [0.25, 0.3) is 0 Å². The van der Waals surface area contributed by atoms with E-state index in [-0.39, 0.29) is 0 Å². The molecule has 0 atom stereocenters. The van der Waals surface area contributed by atoms with Gasteiger partial charge in [-0.25, -0.2) is 0 Å². The zero-order valence-corrected chi connectivity index (χ0v) is 16.4. The molecule has 0 amide bonds. The molecule has 0 aliphatic rings. The summed E-state index contributed by atoms with van der Waals surface area (Å²) < 4.78 is 6.78. The summed E-state index contributed by atoms with van der Waals surface area (Å²) in [5.74, 6) is -0.855. The summed E-state index contributed by atoms with van der Waals surface area (Å²) in [6, 6.07) is 0. The molecule has 0 saturated heterocycles. The molecule has 1 N–H and O–H groups in total. The second-order valence-electron chi connectivity index (χ2n) is 5.73. The number of allylic oxidation sites excluding steroid dienone is 2. The number of carboxylic acids is 1. The molecule has 3 heteroatoms. The van der Waals surface area contributed by atoms with Crippen LogP contribution in [0.4, 0.5) is 0 Å². The third-order valence-corrected chi connectivity index (χ3v) is 18.0. The average molecular weight is 387 g/mol. The third-order valence-electron chi connectivity index (χ3n) is 3.88. The maximum absolute atomic E-state index is 10.5. The molecular formula is C17H32O2Sn. The molecule has 0 radical (unpaired) electrons. The molecule has 0 saturated carbocycles. The Morgan fingerprint density at radius 3 is 1.70 bits per heavy atom. The number of carboxylic acid groups (broad SMARTS) is 1. The van der Waals surface area contributed by atoms with Crippen LogP contribution >= 0.6 is 0 Å². The van der Waals surface area contributed by atoms with Crippen LogP contribution in [-0.2, 0) is 4.79 Å². The first-order chi connectivity index (χ1) is 9.60. The summed E-state index contributed by atoms with van der Waals surface area (Å²) in [5.41, 5.74) is 0. The molecule has 0 rings (SSSR count). The molecule has 0 aliphatic heterocycles. The van der Waals surface area contributed by atoms with E-state index in [0.29, 0.717) is 0 Å². The molecule has 0 heterocycles. The van der Waals surface area contributed by atoms with Crippen LogP contribution in [0.1, 0.15) is 59.3 Å². The van der Waals surface area contributed by atoms with Crippen LogP contribution in [0.15, 0.2) is 22.3 Å². The molecule has 2 nitrogen and oxygen atoms in total. The van der Waals surface area contributed by atoms with E-state index >= 15 is 0 Å². The average Bonchev–Trinajstić information content (AvgIpc) is 2.44. The number of carbonyl (C=O) groups is 1. The third kappa shape index (κ3) is 9.62. The van der Waals surface area contributed by atoms with E-state index < -0.39 is 24.3 Å². The summed E-state index contributed by atoms with van der Waals surface area (Å²) in [6.07, 6.45) is 12.8. The number of hydrogen-bond donors (Lipinski definition) is 1. The Balaban J connectivity index is 4.86. The van der Waals surface area contributed by atoms with Gasteiger partial charge in [0.2, 0.25) is 0 Å². The first kappa shape index (κ1) is 19.7. The van der Waals surface area contributed by atoms with Gasteiger partial charge in [-0.3, -0.25) is 0 Å². The second kappa shape index (κ2) is 12.5. The zero-order chi connectivity index (χ0) is 15.3. The molecule has 0 unspecified atom stereocenters. The van der Waals surface area contributed by atoms with Crippen molar-refractivity contribution in [2.75, 3.05) is 0 Å². The van der Waals surface area contributed by atoms with Crippen molar-refractivity contribution >= 4 is 24.3 Å². The van der Waals surface area contributed by atoms with Crippen molar-refractivity contribution in [1.29, 1.82) is 0 Å². The Bertz CT molecular complexity index is 286. The quantitative estimate of drug-likeness (QED) is 0.270. The van der Waals surface area contributed by atoms with Gasteiger partial charge in [0, 0.05) is 0 Å². The number of rotatable bonds is 12. The van der Waals surface area contributed by atoms with Crippen LogP contribution in [0, 0.1) is 0 Å². The molecule has 0 aromatic heterocycles. The van der Waals surface area contributed by atoms with Crippen molar-refractivity contribution in [2.24, 2.45) is 0 Å². The van der Waals surface area contributed by atoms with E-state index in [0.717, 1.165) is 0 Å². The van der Waals surface area contributed by atoms with E-state index in [1.165, 1.54) is 57.9 Å². The molecule has 0 aliphatic carbocycles. The van der Waals surface area contributed by atoms with Crippen molar-refractivity contribution < 1.29 is 9.90 Å². The fourth-order valence-electron chi connectivity index (χ4n) is 2.61. The summed E-state index contributed by atoms with van der Waals surface area (Å²) in [4.78, 5) is 10.5. The van der Waals surface area contributed by atoms with Gasteiger partial charge in [0.05, 0.1) is 0 Å². The monoisotopic (exact) mass is 388 g/mol. The van der Waals surface area contributed by atoms with Crippen LogP contribution in [0.2, 0.25) is 13.3 Å². The normalized spacial score (nSPS) is 12.6. The van der Waals surface area contributed by atoms with E-state index in [4.69, 9.17) is 5.11 Å². The van der Waals surface area contributed by atoms with Gasteiger partial charge in [-0.05, 0) is 0 Å². The van der Waals surface area contributed by atoms with Gasteiger partial charge >= 0.3 is 129 Å². The van der Waals surface area contributed by atoms with E-state index in [9.17, 15) is 4.79 Å². The molecule has 0 fully saturated rings. The van der Waals surface area contributed by atoms with Gasteiger partial charge < -0.3 is 0 Å². The molecule has 116 valence electrons. The SMILES string of the molecule is CCC[CH2][Sn](/[CH]=C/C=C\C(=O)O)([CH2]CCC)[CH2]CCC. The summed E-state index contributed by atoms with van der Waals surface area (Å²) in [7, 11) is 0. The Morgan fingerprint density at radius 1 is 0.900 bits per heavy atom. The fourth-order valence-corrected chi connectivity index (χ4v) is 16.7. The van der Waals surface area contributed by atoms with Gasteiger partial charge in [-0.1, -0.05) is 0 Å². The van der Waals surface area contributed by atoms with Gasteiger partial charge in [0.1, 0.15) is 0 Å². The zero-order valence-electron chi connectivity index (χ0n) is 13.5. The molecule has 0 aromatic carbocycles. The minimum atomic E-state index is -2.19. The number of aliphatic carboxylic acids is 1. The first-order valence-electron chi connectivity index (χ1n) is 8.19. The van der Waals surface area contributed by atoms with E-state index in [1.807, 2.05) is 6.08 Å². The van der Waals surface area contributed by atoms with Crippen molar-refractivity contribution in [2.45, 2.75) is 72.6 Å². The van der Waals surface area contributed by atoms with Crippen molar-refractivity contribution in [3.05, 3.63) is 22.3 Å². The van der Waals surface area contributed by atoms with E-state index in [2.05, 4.69) is 24.9 Å². The van der Waals surface area contributed by atoms with Gasteiger partial charge in [-0.2, -0.15) is 0 Å². The Morgan fingerprint density at radius 2 is 1.35 bits per heavy atom. The predicted octanol–water partition coefficient (Wildman–Crippen LogP) is 5.57. The van der Waals surface area contributed by atoms with Crippen molar-refractivity contribution in [3.63, 3.8) is 0 Å². The molecule has 0 bridgehead atoms. The standard InChI is InChI=1S/C5H5O2.3C4H9.Sn/c1-2-3-4-5(6)7;3*1-3-4-2;/h1-4H,(H,6,7);3*1,3-4H2,2H3;/b2-1?,4-3-;;;;. The van der Waals surface area contributed by atoms with Gasteiger partial charge in [0.15, 0.2) is 0 Å². The van der Waals surface area contributed by atoms with Crippen LogP contribution in [0.25, 0.3) is 0 Å². The molecule has 20 heavy (non-hydrogen) atoms. The number of hydrogen-bond acceptors (Lipinski definition) is 1. The predicted molar refractivity (Wildman–Crippen MR) is 90.8 cm³/mol. The maximum atomic E-state index is 10.5.